The van der Waals surface area contributed by atoms with Crippen molar-refractivity contribution in [1.82, 2.24) is 39.6 Å². The lowest BCUT2D eigenvalue weighted by Gasteiger charge is -2.40. The molecule has 0 aromatic heterocycles. The van der Waals surface area contributed by atoms with Crippen LogP contribution in [0.3, 0.4) is 0 Å². The summed E-state index contributed by atoms with van der Waals surface area (Å²) in [5.74, 6) is 2.33. The fraction of sp³-hybridized carbons (Fsp3) is 0.716. The molecule has 2 aromatic carbocycles. The van der Waals surface area contributed by atoms with Gasteiger partial charge >= 0.3 is 41.9 Å². The second-order valence-corrected chi connectivity index (χ2v) is 52.1. The highest BCUT2D eigenvalue weighted by Crippen LogP contribution is 2.64. The van der Waals surface area contributed by atoms with Gasteiger partial charge in [0.2, 0.25) is 0 Å². The van der Waals surface area contributed by atoms with E-state index in [9.17, 15) is 43.1 Å². The number of ether oxygens (including phenoxy) is 7. The van der Waals surface area contributed by atoms with Gasteiger partial charge in [-0.1, -0.05) is 99.9 Å². The largest absolute Gasteiger partial charge is 0.508 e. The molecule has 25 atom stereocenters. The van der Waals surface area contributed by atoms with Crippen LogP contribution in [0.1, 0.15) is 257 Å². The molecule has 19 heterocycles. The van der Waals surface area contributed by atoms with Crippen molar-refractivity contribution in [3.05, 3.63) is 136 Å². The lowest BCUT2D eigenvalue weighted by Crippen LogP contribution is -2.51. The van der Waals surface area contributed by atoms with E-state index in [0.717, 1.165) is 151 Å². The van der Waals surface area contributed by atoms with Gasteiger partial charge in [-0.05, 0) is 246 Å². The number of aromatic hydroxyl groups is 1. The normalized spacial score (nSPS) is 40.3. The van der Waals surface area contributed by atoms with Crippen LogP contribution in [-0.2, 0) is 73.4 Å². The van der Waals surface area contributed by atoms with Crippen molar-refractivity contribution in [3.8, 4) is 5.75 Å². The minimum Gasteiger partial charge on any atom is -0.508 e. The molecule has 12 bridgehead atoms. The number of halogens is 3. The van der Waals surface area contributed by atoms with Gasteiger partial charge in [-0.3, -0.25) is 34.3 Å². The van der Waals surface area contributed by atoms with Gasteiger partial charge in [-0.15, -0.1) is 24.8 Å². The van der Waals surface area contributed by atoms with E-state index in [2.05, 4.69) is 99.7 Å². The number of thioether (sulfide) groups is 5. The molecule has 140 heavy (non-hydrogen) atoms. The van der Waals surface area contributed by atoms with Crippen LogP contribution in [0.4, 0.5) is 9.18 Å². The summed E-state index contributed by atoms with van der Waals surface area (Å²) in [5, 5.41) is 16.5. The number of phenolic OH excluding ortho intramolecular Hbond substituents is 1. The summed E-state index contributed by atoms with van der Waals surface area (Å²) >= 11 is 10.1. The number of fused-ring (bicyclic) bond motifs is 18. The van der Waals surface area contributed by atoms with Crippen molar-refractivity contribution in [3.63, 3.8) is 0 Å². The number of hydrogen-bond donors (Lipinski definition) is 2. The van der Waals surface area contributed by atoms with E-state index in [1.54, 1.807) is 30.4 Å². The predicted octanol–water partition coefficient (Wildman–Crippen LogP) is 17.4. The number of likely N-dealkylation sites (tertiary alicyclic amines) is 1. The Morgan fingerprint density at radius 2 is 0.743 bits per heavy atom. The first-order chi connectivity index (χ1) is 66.9. The summed E-state index contributed by atoms with van der Waals surface area (Å²) in [5.41, 5.74) is 7.69. The predicted molar refractivity (Wildman–Crippen MR) is 551 cm³/mol. The first-order valence-electron chi connectivity index (χ1n) is 53.3. The molecule has 2 N–H and O–H groups in total. The fourth-order valence-electron chi connectivity index (χ4n) is 31.9. The average Bonchev–Trinajstić information content (AvgIpc) is 1.36. The quantitative estimate of drug-likeness (QED) is 0.101. The van der Waals surface area contributed by atoms with E-state index in [0.29, 0.717) is 130 Å². The number of alkyl halides is 1. The van der Waals surface area contributed by atoms with E-state index < -0.39 is 11.8 Å². The van der Waals surface area contributed by atoms with Gasteiger partial charge in [0.15, 0.2) is 33.6 Å². The van der Waals surface area contributed by atoms with E-state index in [4.69, 9.17) is 33.2 Å². The number of hydrogen-bond acceptors (Lipinski definition) is 27. The van der Waals surface area contributed by atoms with Crippen LogP contribution in [0.5, 0.6) is 5.75 Å². The average molecular weight is 2060 g/mol. The smallest absolute Gasteiger partial charge is 0.407 e. The maximum Gasteiger partial charge on any atom is 0.407 e. The number of nitrogens with one attached hydrogen (secondary N) is 1. The van der Waals surface area contributed by atoms with E-state index >= 15 is 0 Å². The highest BCUT2D eigenvalue weighted by molar-refractivity contribution is 8.00. The van der Waals surface area contributed by atoms with E-state index in [1.165, 1.54) is 181 Å². The molecule has 26 aliphatic rings. The SMILES string of the molecule is CC(C)(C)OC(=O)NCCSC1CC2=CC(=O)O[C@@]23C[C@@H]1N1CCCC[C@@H]13.CSC1CC2=CC(=O)O[C@@]23C[C@@H]1N1CCCC[C@@H]13.Cl.Cl.O=C1C=C2CC(N3CCC(F)C3)[C@@H]3C[C@@]2(O1)[C@H]1CCCCN31.O=C1C=C2CC(SC3CCCC3)[C@@H]3C[C@@]2(O1)[C@H]1CCCCN31.O=C1C=C2CC(SCc3ccccc3)[C@@H]3C[C@@]2(O1)[C@H]1CCCCN31.O=C1C=C2CC(SCc3ccccc3O)[C@@H]3C[C@@]2(O1)[C@H]1CCCCN31. The Morgan fingerprint density at radius 3 is 1.13 bits per heavy atom. The number of rotatable bonds is 14. The van der Waals surface area contributed by atoms with Crippen molar-refractivity contribution in [1.29, 1.82) is 0 Å². The molecule has 6 spiro atoms. The van der Waals surface area contributed by atoms with E-state index in [-0.39, 0.29) is 100 Å². The zero-order valence-electron chi connectivity index (χ0n) is 82.0. The summed E-state index contributed by atoms with van der Waals surface area (Å²) < 4.78 is 54.4. The van der Waals surface area contributed by atoms with Gasteiger partial charge in [-0.2, -0.15) is 58.8 Å². The second kappa shape index (κ2) is 40.7. The molecule has 31 heteroatoms. The van der Waals surface area contributed by atoms with Gasteiger partial charge in [-0.25, -0.2) is 38.0 Å². The van der Waals surface area contributed by atoms with Crippen LogP contribution in [0, 0.1) is 0 Å². The molecule has 13 saturated heterocycles. The Balaban J connectivity index is 0.0000000998. The molecular formula is C109H145Cl2FN8O15S5. The zero-order chi connectivity index (χ0) is 94.4. The van der Waals surface area contributed by atoms with Crippen LogP contribution in [0.15, 0.2) is 124 Å². The Morgan fingerprint density at radius 1 is 0.407 bits per heavy atom. The highest BCUT2D eigenvalue weighted by atomic mass is 35.5. The van der Waals surface area contributed by atoms with Crippen LogP contribution >= 0.6 is 83.6 Å². The van der Waals surface area contributed by atoms with Crippen molar-refractivity contribution >= 4 is 126 Å². The number of alkyl carbamates (subject to hydrolysis) is 1. The summed E-state index contributed by atoms with van der Waals surface area (Å²) in [6, 6.07) is 24.3. The number of phenols is 1. The Hall–Kier alpha value is -5.25. The number of piperidine rings is 6. The Kier molecular flexibility index (Phi) is 29.2. The van der Waals surface area contributed by atoms with Crippen molar-refractivity contribution in [2.75, 3.05) is 70.9 Å². The first-order valence-corrected chi connectivity index (χ1v) is 58.6. The molecular weight excluding hydrogens is 1910 g/mol. The molecule has 2 aromatic rings. The maximum atomic E-state index is 13.7. The molecule has 7 aliphatic carbocycles. The minimum absolute atomic E-state index is 0. The molecule has 28 rings (SSSR count). The standard InChI is InChI=1S/C20H30N2O4S.C20H23NO3S.C20H23NO2S.C18H25NO2S.C17H23FN2O2.C14H19NO2S.2ClH/c1-19(2,3)26-18(24)21-7-9-27-15-10-13-11-17(23)25-20(13)12-14(15)22-8-5-4-6-16(20)22;22-16-6-2-1-5-13(16)12-25-17-9-14-10-19(23)24-20(14)11-15(17)21-8-4-3-7-18(20)21;22-19-11-15-10-17(24-13-14-6-2-1-3-7-14)16-12-20(15,23-19)18-8-4-5-9-21(16)18;20-17-10-12-9-15(22-13-5-1-2-6-13)14-11-18(12,21-17)16-7-3-4-8-19(14)16;18-12-4-6-19(10-12)13-7-11-8-16(21)22-17(11)9-14(13)20-5-2-1-3-15(17)20;1-18-11-6-9-7-13(16)17-14(9)8-10(11)15-5-3-2-4-12(14)15;;/h11,14-16H,4-10,12H2,1-3H3,(H,21,24);1-2,5-6,10,15,17-18,22H,3-4,7-9,11-12H2;1-3,6-7,11,16-18H,4-5,8-10,12-13H2;10,13-16H,1-9,11H2;8,12-15H,1-7,9-10H2;7,10-12H,2-6,8H2,1H3;2*1H/t14-,15?,16+,20-;15-,17?,18+,20-;16-,17?,18+,20-;14-,15?,16+,18-;12?,13?,14-,15+,17-;10-,11?,12+,14-;;/m000000../s1. The molecule has 762 valence electrons. The van der Waals surface area contributed by atoms with Crippen LogP contribution < -0.4 is 5.32 Å². The molecule has 7 unspecified atom stereocenters. The number of esters is 6. The Labute approximate surface area is 859 Å². The lowest BCUT2D eigenvalue weighted by molar-refractivity contribution is -0.149. The molecule has 19 aliphatic heterocycles. The summed E-state index contributed by atoms with van der Waals surface area (Å²) in [4.78, 5) is 102. The van der Waals surface area contributed by atoms with Crippen molar-refractivity contribution in [2.45, 2.75) is 412 Å². The summed E-state index contributed by atoms with van der Waals surface area (Å²) in [7, 11) is 0. The summed E-state index contributed by atoms with van der Waals surface area (Å²) in [6.45, 7) is 14.5. The maximum absolute atomic E-state index is 13.7. The molecule has 0 radical (unpaired) electrons. The molecule has 7 saturated carbocycles. The number of benzene rings is 2. The molecule has 1 amide bonds. The third-order valence-corrected chi connectivity index (χ3v) is 44.3. The fourth-order valence-corrected chi connectivity index (χ4v) is 38.7. The number of carbonyl (C=O) groups is 7. The lowest BCUT2D eigenvalue weighted by atomic mass is 9.75. The van der Waals surface area contributed by atoms with Crippen LogP contribution in [0.2, 0.25) is 0 Å². The third kappa shape index (κ3) is 18.2. The third-order valence-electron chi connectivity index (χ3n) is 37.4. The van der Waals surface area contributed by atoms with Gasteiger partial charge in [0.1, 0.15) is 17.5 Å². The van der Waals surface area contributed by atoms with Gasteiger partial charge < -0.3 is 43.6 Å². The highest BCUT2D eigenvalue weighted by Gasteiger charge is 2.71. The minimum atomic E-state index is -0.680. The van der Waals surface area contributed by atoms with Crippen molar-refractivity contribution < 1.29 is 76.2 Å². The van der Waals surface area contributed by atoms with Crippen molar-refractivity contribution in [2.24, 2.45) is 0 Å². The number of nitrogens with zero attached hydrogens (tertiary/aromatic N) is 7. The molecule has 23 nitrogen and oxygen atoms in total. The zero-order valence-corrected chi connectivity index (χ0v) is 87.7. The van der Waals surface area contributed by atoms with Crippen LogP contribution in [0.25, 0.3) is 0 Å². The second-order valence-electron chi connectivity index (χ2n) is 45.7. The number of carbonyl (C=O) groups excluding carboxylic acids is 7. The summed E-state index contributed by atoms with van der Waals surface area (Å²) in [6.07, 6.45) is 52.1. The monoisotopic (exact) mass is 2050 g/mol. The van der Waals surface area contributed by atoms with Crippen LogP contribution in [-0.4, -0.2) is 308 Å². The number of amides is 1. The number of para-hydroxylation sites is 1. The van der Waals surface area contributed by atoms with Gasteiger partial charge in [0.05, 0.1) is 36.3 Å². The topological polar surface area (TPSA) is 239 Å². The Bertz CT molecular complexity index is 5240. The molecule has 20 fully saturated rings. The first kappa shape index (κ1) is 101. The van der Waals surface area contributed by atoms with E-state index in [1.807, 2.05) is 86.4 Å². The van der Waals surface area contributed by atoms with Gasteiger partial charge in [0, 0.05) is 191 Å². The van der Waals surface area contributed by atoms with Gasteiger partial charge in [0.25, 0.3) is 0 Å².